The predicted molar refractivity (Wildman–Crippen MR) is 76.9 cm³/mol. The van der Waals surface area contributed by atoms with E-state index in [0.717, 1.165) is 0 Å². The van der Waals surface area contributed by atoms with Gasteiger partial charge in [0.25, 0.3) is 5.91 Å². The minimum atomic E-state index is -0.751. The molecule has 1 heterocycles. The molecule has 3 N–H and O–H groups in total. The second-order valence-electron chi connectivity index (χ2n) is 5.15. The summed E-state index contributed by atoms with van der Waals surface area (Å²) >= 11 is 0. The van der Waals surface area contributed by atoms with E-state index in [1.54, 1.807) is 12.1 Å². The molecule has 1 aliphatic rings. The third-order valence-corrected chi connectivity index (χ3v) is 3.70. The summed E-state index contributed by atoms with van der Waals surface area (Å²) in [6.45, 7) is 0.440. The second-order valence-corrected chi connectivity index (χ2v) is 5.15. The summed E-state index contributed by atoms with van der Waals surface area (Å²) < 4.78 is 4.92. The maximum absolute atomic E-state index is 12.0. The Hall–Kier alpha value is -2.57. The molecule has 0 unspecified atom stereocenters. The van der Waals surface area contributed by atoms with Crippen LogP contribution in [0.3, 0.4) is 0 Å². The topological polar surface area (TPSA) is 110 Å². The zero-order valence-electron chi connectivity index (χ0n) is 12.0. The molecule has 0 aliphatic carbocycles. The summed E-state index contributed by atoms with van der Waals surface area (Å²) in [5.74, 6) is -1.82. The molecule has 2 rings (SSSR count). The molecule has 0 aromatic heterocycles. The number of ether oxygens (including phenoxy) is 1. The largest absolute Gasteiger partial charge is 0.507 e. The van der Waals surface area contributed by atoms with Crippen molar-refractivity contribution in [3.63, 3.8) is 0 Å². The van der Waals surface area contributed by atoms with Gasteiger partial charge in [0.05, 0.1) is 0 Å². The molecule has 0 atom stereocenters. The number of hydrogen-bond donors (Lipinski definition) is 2. The number of aromatic hydroxyl groups is 1. The van der Waals surface area contributed by atoms with Crippen LogP contribution in [0.25, 0.3) is 0 Å². The number of piperidine rings is 1. The molecule has 22 heavy (non-hydrogen) atoms. The van der Waals surface area contributed by atoms with Crippen molar-refractivity contribution >= 4 is 17.8 Å². The second kappa shape index (κ2) is 6.93. The Morgan fingerprint density at radius 3 is 2.45 bits per heavy atom. The summed E-state index contributed by atoms with van der Waals surface area (Å²) in [6, 6.07) is 5.96. The fourth-order valence-corrected chi connectivity index (χ4v) is 2.36. The first kappa shape index (κ1) is 15.8. The molecule has 0 spiro atoms. The average Bonchev–Trinajstić information content (AvgIpc) is 2.52. The van der Waals surface area contributed by atoms with Crippen molar-refractivity contribution in [3.05, 3.63) is 29.8 Å². The third-order valence-electron chi connectivity index (χ3n) is 3.70. The van der Waals surface area contributed by atoms with E-state index in [9.17, 15) is 19.5 Å². The van der Waals surface area contributed by atoms with E-state index in [-0.39, 0.29) is 29.0 Å². The average molecular weight is 306 g/mol. The minimum absolute atomic E-state index is 0.0164. The molecule has 0 saturated carbocycles. The number of primary amides is 1. The number of likely N-dealkylation sites (tertiary alicyclic amines) is 1. The van der Waals surface area contributed by atoms with Gasteiger partial charge in [0, 0.05) is 19.0 Å². The molecule has 1 fully saturated rings. The number of benzene rings is 1. The van der Waals surface area contributed by atoms with Crippen LogP contribution in [0.5, 0.6) is 5.75 Å². The Kier molecular flexibility index (Phi) is 4.98. The van der Waals surface area contributed by atoms with Crippen LogP contribution in [0.1, 0.15) is 23.2 Å². The van der Waals surface area contributed by atoms with Gasteiger partial charge < -0.3 is 20.5 Å². The van der Waals surface area contributed by atoms with Gasteiger partial charge in [-0.1, -0.05) is 12.1 Å². The van der Waals surface area contributed by atoms with Gasteiger partial charge >= 0.3 is 5.97 Å². The number of carbonyl (C=O) groups is 3. The van der Waals surface area contributed by atoms with Crippen LogP contribution in [-0.2, 0) is 14.3 Å². The molecule has 1 saturated heterocycles. The van der Waals surface area contributed by atoms with Gasteiger partial charge in [-0.05, 0) is 25.0 Å². The van der Waals surface area contributed by atoms with Crippen molar-refractivity contribution in [2.45, 2.75) is 12.8 Å². The number of carbonyl (C=O) groups excluding carboxylic acids is 3. The monoisotopic (exact) mass is 306 g/mol. The molecule has 118 valence electrons. The Morgan fingerprint density at radius 2 is 1.86 bits per heavy atom. The summed E-state index contributed by atoms with van der Waals surface area (Å²) in [5.41, 5.74) is 5.25. The molecular formula is C15H18N2O5. The minimum Gasteiger partial charge on any atom is -0.507 e. The van der Waals surface area contributed by atoms with Crippen LogP contribution in [0.2, 0.25) is 0 Å². The Bertz CT molecular complexity index is 579. The van der Waals surface area contributed by atoms with E-state index in [4.69, 9.17) is 10.5 Å². The summed E-state index contributed by atoms with van der Waals surface area (Å²) in [6.07, 6.45) is 1.04. The van der Waals surface area contributed by atoms with E-state index in [0.29, 0.717) is 25.9 Å². The number of hydrogen-bond acceptors (Lipinski definition) is 5. The van der Waals surface area contributed by atoms with Gasteiger partial charge in [-0.15, -0.1) is 0 Å². The molecule has 0 radical (unpaired) electrons. The van der Waals surface area contributed by atoms with Crippen LogP contribution in [0.4, 0.5) is 0 Å². The number of para-hydroxylation sites is 1. The number of rotatable bonds is 4. The fraction of sp³-hybridized carbons (Fsp3) is 0.400. The van der Waals surface area contributed by atoms with Crippen molar-refractivity contribution < 1.29 is 24.2 Å². The lowest BCUT2D eigenvalue weighted by molar-refractivity contribution is -0.137. The molecule has 7 nitrogen and oxygen atoms in total. The van der Waals surface area contributed by atoms with Crippen molar-refractivity contribution in [1.29, 1.82) is 0 Å². The maximum Gasteiger partial charge on any atom is 0.342 e. The fourth-order valence-electron chi connectivity index (χ4n) is 2.36. The summed E-state index contributed by atoms with van der Waals surface area (Å²) in [7, 11) is 0. The van der Waals surface area contributed by atoms with Crippen LogP contribution in [0, 0.1) is 5.92 Å². The highest BCUT2D eigenvalue weighted by Gasteiger charge is 2.26. The van der Waals surface area contributed by atoms with Crippen molar-refractivity contribution in [3.8, 4) is 5.75 Å². The van der Waals surface area contributed by atoms with E-state index in [2.05, 4.69) is 0 Å². The van der Waals surface area contributed by atoms with Crippen LogP contribution < -0.4 is 5.73 Å². The number of phenols is 1. The molecule has 2 amide bonds. The number of nitrogens with zero attached hydrogens (tertiary/aromatic N) is 1. The standard InChI is InChI=1S/C15H18N2O5/c16-14(20)10-5-7-17(8-6-10)13(19)9-22-15(21)11-3-1-2-4-12(11)18/h1-4,10,18H,5-9H2,(H2,16,20). The Labute approximate surface area is 127 Å². The van der Waals surface area contributed by atoms with E-state index in [1.165, 1.54) is 17.0 Å². The Morgan fingerprint density at radius 1 is 1.23 bits per heavy atom. The van der Waals surface area contributed by atoms with E-state index in [1.807, 2.05) is 0 Å². The number of amides is 2. The van der Waals surface area contributed by atoms with Gasteiger partial charge in [-0.2, -0.15) is 0 Å². The smallest absolute Gasteiger partial charge is 0.342 e. The molecule has 0 bridgehead atoms. The molecule has 1 aliphatic heterocycles. The molecule has 7 heteroatoms. The van der Waals surface area contributed by atoms with Crippen molar-refractivity contribution in [2.75, 3.05) is 19.7 Å². The van der Waals surface area contributed by atoms with Crippen LogP contribution >= 0.6 is 0 Å². The highest BCUT2D eigenvalue weighted by atomic mass is 16.5. The zero-order chi connectivity index (χ0) is 16.1. The maximum atomic E-state index is 12.0. The first-order chi connectivity index (χ1) is 10.5. The van der Waals surface area contributed by atoms with Gasteiger partial charge in [-0.3, -0.25) is 9.59 Å². The van der Waals surface area contributed by atoms with E-state index >= 15 is 0 Å². The van der Waals surface area contributed by atoms with Gasteiger partial charge in [0.15, 0.2) is 6.61 Å². The quantitative estimate of drug-likeness (QED) is 0.776. The first-order valence-electron chi connectivity index (χ1n) is 7.01. The van der Waals surface area contributed by atoms with Crippen LogP contribution in [0.15, 0.2) is 24.3 Å². The number of esters is 1. The van der Waals surface area contributed by atoms with Crippen molar-refractivity contribution in [2.24, 2.45) is 11.7 Å². The Balaban J connectivity index is 1.82. The summed E-state index contributed by atoms with van der Waals surface area (Å²) in [4.78, 5) is 36.3. The molecular weight excluding hydrogens is 288 g/mol. The molecule has 1 aromatic rings. The van der Waals surface area contributed by atoms with Gasteiger partial charge in [-0.25, -0.2) is 4.79 Å². The third kappa shape index (κ3) is 3.75. The number of phenolic OH excluding ortho intramolecular Hbond substituents is 1. The summed E-state index contributed by atoms with van der Waals surface area (Å²) in [5, 5.41) is 9.54. The first-order valence-corrected chi connectivity index (χ1v) is 7.01. The van der Waals surface area contributed by atoms with Gasteiger partial charge in [0.2, 0.25) is 5.91 Å². The lowest BCUT2D eigenvalue weighted by Crippen LogP contribution is -2.43. The van der Waals surface area contributed by atoms with E-state index < -0.39 is 12.6 Å². The predicted octanol–water partition coefficient (Wildman–Crippen LogP) is 0.273. The highest BCUT2D eigenvalue weighted by Crippen LogP contribution is 2.18. The lowest BCUT2D eigenvalue weighted by atomic mass is 9.96. The number of nitrogens with two attached hydrogens (primary N) is 1. The zero-order valence-corrected chi connectivity index (χ0v) is 12.0. The SMILES string of the molecule is NC(=O)C1CCN(C(=O)COC(=O)c2ccccc2O)CC1. The van der Waals surface area contributed by atoms with Crippen LogP contribution in [-0.4, -0.2) is 47.5 Å². The normalized spacial score (nSPS) is 15.4. The lowest BCUT2D eigenvalue weighted by Gasteiger charge is -2.30. The highest BCUT2D eigenvalue weighted by molar-refractivity contribution is 5.93. The molecule has 1 aromatic carbocycles. The van der Waals surface area contributed by atoms with Gasteiger partial charge in [0.1, 0.15) is 11.3 Å². The van der Waals surface area contributed by atoms with Crippen molar-refractivity contribution in [1.82, 2.24) is 4.90 Å².